The summed E-state index contributed by atoms with van der Waals surface area (Å²) in [5, 5.41) is 11.3. The average molecular weight is 272 g/mol. The molecule has 1 rings (SSSR count). The Bertz CT molecular complexity index is 425. The lowest BCUT2D eigenvalue weighted by atomic mass is 10.3. The molecule has 0 saturated carbocycles. The SMILES string of the molecule is CC(=O)N[C@@H](CSCc1nc(C)c(C)o1)C(=O)O. The number of aliphatic carboxylic acids is 1. The van der Waals surface area contributed by atoms with Crippen LogP contribution >= 0.6 is 11.8 Å². The van der Waals surface area contributed by atoms with E-state index in [-0.39, 0.29) is 11.7 Å². The molecule has 0 fully saturated rings. The first-order valence-electron chi connectivity index (χ1n) is 5.40. The van der Waals surface area contributed by atoms with Crippen molar-refractivity contribution < 1.29 is 19.1 Å². The molecule has 1 aromatic heterocycles. The molecule has 1 aromatic rings. The maximum absolute atomic E-state index is 10.9. The Morgan fingerprint density at radius 2 is 2.17 bits per heavy atom. The lowest BCUT2D eigenvalue weighted by Crippen LogP contribution is -2.41. The third-order valence-corrected chi connectivity index (χ3v) is 3.28. The topological polar surface area (TPSA) is 92.4 Å². The van der Waals surface area contributed by atoms with Gasteiger partial charge in [-0.05, 0) is 13.8 Å². The summed E-state index contributed by atoms with van der Waals surface area (Å²) in [6.45, 7) is 4.97. The average Bonchev–Trinajstić information content (AvgIpc) is 2.56. The Kier molecular flexibility index (Phi) is 5.21. The number of aromatic nitrogens is 1. The number of carbonyl (C=O) groups excluding carboxylic acids is 1. The smallest absolute Gasteiger partial charge is 0.327 e. The molecule has 100 valence electrons. The van der Waals surface area contributed by atoms with Crippen molar-refractivity contribution in [1.82, 2.24) is 10.3 Å². The van der Waals surface area contributed by atoms with E-state index in [1.807, 2.05) is 13.8 Å². The van der Waals surface area contributed by atoms with Crippen LogP contribution in [-0.2, 0) is 15.3 Å². The van der Waals surface area contributed by atoms with Crippen LogP contribution in [0.5, 0.6) is 0 Å². The molecule has 0 aromatic carbocycles. The number of carboxylic acid groups (broad SMARTS) is 1. The molecule has 1 heterocycles. The van der Waals surface area contributed by atoms with Crippen LogP contribution in [0.2, 0.25) is 0 Å². The van der Waals surface area contributed by atoms with Crippen LogP contribution in [0.4, 0.5) is 0 Å². The molecule has 1 atom stereocenters. The normalized spacial score (nSPS) is 12.2. The molecule has 2 N–H and O–H groups in total. The number of hydrogen-bond donors (Lipinski definition) is 2. The zero-order valence-corrected chi connectivity index (χ0v) is 11.3. The van der Waals surface area contributed by atoms with Gasteiger partial charge >= 0.3 is 5.97 Å². The number of carboxylic acids is 1. The predicted octanol–water partition coefficient (Wildman–Crippen LogP) is 1.11. The highest BCUT2D eigenvalue weighted by molar-refractivity contribution is 7.98. The maximum Gasteiger partial charge on any atom is 0.327 e. The second kappa shape index (κ2) is 6.44. The van der Waals surface area contributed by atoms with Gasteiger partial charge in [-0.3, -0.25) is 4.79 Å². The quantitative estimate of drug-likeness (QED) is 0.806. The third-order valence-electron chi connectivity index (χ3n) is 2.26. The molecular formula is C11H16N2O4S. The maximum atomic E-state index is 10.9. The molecule has 0 aliphatic heterocycles. The molecule has 0 aliphatic rings. The van der Waals surface area contributed by atoms with Crippen LogP contribution in [0.25, 0.3) is 0 Å². The second-order valence-electron chi connectivity index (χ2n) is 3.86. The first-order chi connectivity index (χ1) is 8.40. The fraction of sp³-hybridized carbons (Fsp3) is 0.545. The Labute approximate surface area is 109 Å². The van der Waals surface area contributed by atoms with Gasteiger partial charge in [0, 0.05) is 12.7 Å². The summed E-state index contributed by atoms with van der Waals surface area (Å²) in [5.41, 5.74) is 0.835. The van der Waals surface area contributed by atoms with Crippen molar-refractivity contribution in [2.45, 2.75) is 32.6 Å². The minimum absolute atomic E-state index is 0.273. The number of nitrogens with zero attached hydrogens (tertiary/aromatic N) is 1. The lowest BCUT2D eigenvalue weighted by molar-refractivity contribution is -0.140. The van der Waals surface area contributed by atoms with Gasteiger partial charge in [0.2, 0.25) is 11.8 Å². The number of carbonyl (C=O) groups is 2. The standard InChI is InChI=1S/C11H16N2O4S/c1-6-7(2)17-10(12-6)5-18-4-9(11(15)16)13-8(3)14/h9H,4-5H2,1-3H3,(H,13,14)(H,15,16)/t9-/m0/s1. The highest BCUT2D eigenvalue weighted by Crippen LogP contribution is 2.15. The lowest BCUT2D eigenvalue weighted by Gasteiger charge is -2.11. The van der Waals surface area contributed by atoms with E-state index in [2.05, 4.69) is 10.3 Å². The number of thioether (sulfide) groups is 1. The summed E-state index contributed by atoms with van der Waals surface area (Å²) >= 11 is 1.35. The minimum Gasteiger partial charge on any atom is -0.480 e. The van der Waals surface area contributed by atoms with Gasteiger partial charge in [0.15, 0.2) is 0 Å². The van der Waals surface area contributed by atoms with E-state index in [0.29, 0.717) is 11.6 Å². The Morgan fingerprint density at radius 1 is 1.50 bits per heavy atom. The first kappa shape index (κ1) is 14.6. The molecule has 0 saturated heterocycles. The molecule has 0 aliphatic carbocycles. The van der Waals surface area contributed by atoms with Crippen LogP contribution in [-0.4, -0.2) is 33.8 Å². The number of aryl methyl sites for hydroxylation is 2. The van der Waals surface area contributed by atoms with Gasteiger partial charge in [-0.1, -0.05) is 0 Å². The highest BCUT2D eigenvalue weighted by Gasteiger charge is 2.18. The van der Waals surface area contributed by atoms with Crippen LogP contribution in [0, 0.1) is 13.8 Å². The van der Waals surface area contributed by atoms with Crippen LogP contribution in [0.1, 0.15) is 24.3 Å². The largest absolute Gasteiger partial charge is 0.480 e. The van der Waals surface area contributed by atoms with E-state index in [4.69, 9.17) is 9.52 Å². The molecule has 6 nitrogen and oxygen atoms in total. The van der Waals surface area contributed by atoms with Crippen LogP contribution in [0.3, 0.4) is 0 Å². The van der Waals surface area contributed by atoms with Crippen molar-refractivity contribution in [2.75, 3.05) is 5.75 Å². The zero-order chi connectivity index (χ0) is 13.7. The molecule has 0 bridgehead atoms. The van der Waals surface area contributed by atoms with Gasteiger partial charge < -0.3 is 14.8 Å². The molecule has 18 heavy (non-hydrogen) atoms. The van der Waals surface area contributed by atoms with Crippen LogP contribution < -0.4 is 5.32 Å². The van der Waals surface area contributed by atoms with Gasteiger partial charge in [0.1, 0.15) is 11.8 Å². The van der Waals surface area contributed by atoms with E-state index >= 15 is 0 Å². The summed E-state index contributed by atoms with van der Waals surface area (Å²) < 4.78 is 5.37. The van der Waals surface area contributed by atoms with Crippen LogP contribution in [0.15, 0.2) is 4.42 Å². The molecule has 0 radical (unpaired) electrons. The summed E-state index contributed by atoms with van der Waals surface area (Å²) in [5.74, 6) is 0.695. The third kappa shape index (κ3) is 4.40. The van der Waals surface area contributed by atoms with Crippen molar-refractivity contribution in [3.05, 3.63) is 17.3 Å². The van der Waals surface area contributed by atoms with E-state index in [1.165, 1.54) is 18.7 Å². The Hall–Kier alpha value is -1.50. The van der Waals surface area contributed by atoms with Crippen molar-refractivity contribution >= 4 is 23.6 Å². The monoisotopic (exact) mass is 272 g/mol. The molecule has 0 spiro atoms. The summed E-state index contributed by atoms with van der Waals surface area (Å²) in [4.78, 5) is 25.9. The van der Waals surface area contributed by atoms with E-state index in [9.17, 15) is 9.59 Å². The van der Waals surface area contributed by atoms with Gasteiger partial charge in [0.05, 0.1) is 11.4 Å². The zero-order valence-electron chi connectivity index (χ0n) is 10.5. The van der Waals surface area contributed by atoms with Crippen molar-refractivity contribution in [3.63, 3.8) is 0 Å². The van der Waals surface area contributed by atoms with Gasteiger partial charge in [-0.2, -0.15) is 0 Å². The molecular weight excluding hydrogens is 256 g/mol. The first-order valence-corrected chi connectivity index (χ1v) is 6.56. The number of rotatable bonds is 6. The van der Waals surface area contributed by atoms with Crippen molar-refractivity contribution in [1.29, 1.82) is 0 Å². The van der Waals surface area contributed by atoms with Gasteiger partial charge in [0.25, 0.3) is 0 Å². The van der Waals surface area contributed by atoms with Crippen molar-refractivity contribution in [3.8, 4) is 0 Å². The number of hydrogen-bond acceptors (Lipinski definition) is 5. The minimum atomic E-state index is -1.04. The molecule has 1 amide bonds. The summed E-state index contributed by atoms with van der Waals surface area (Å²) in [6, 6.07) is -0.885. The Morgan fingerprint density at radius 3 is 2.61 bits per heavy atom. The highest BCUT2D eigenvalue weighted by atomic mass is 32.2. The van der Waals surface area contributed by atoms with E-state index < -0.39 is 12.0 Å². The molecule has 7 heteroatoms. The Balaban J connectivity index is 2.43. The van der Waals surface area contributed by atoms with Crippen molar-refractivity contribution in [2.24, 2.45) is 0 Å². The van der Waals surface area contributed by atoms with Gasteiger partial charge in [-0.15, -0.1) is 11.8 Å². The van der Waals surface area contributed by atoms with E-state index in [0.717, 1.165) is 11.5 Å². The summed E-state index contributed by atoms with van der Waals surface area (Å²) in [6.07, 6.45) is 0. The number of nitrogens with one attached hydrogen (secondary N) is 1. The fourth-order valence-corrected chi connectivity index (χ4v) is 2.16. The number of oxazole rings is 1. The summed E-state index contributed by atoms with van der Waals surface area (Å²) in [7, 11) is 0. The fourth-order valence-electron chi connectivity index (χ4n) is 1.29. The predicted molar refractivity (Wildman–Crippen MR) is 67.4 cm³/mol. The van der Waals surface area contributed by atoms with Gasteiger partial charge in [-0.25, -0.2) is 9.78 Å². The second-order valence-corrected chi connectivity index (χ2v) is 4.89. The number of amides is 1. The van der Waals surface area contributed by atoms with E-state index in [1.54, 1.807) is 0 Å². The molecule has 0 unspecified atom stereocenters.